The number of amides is 1. The molecule has 0 saturated carbocycles. The van der Waals surface area contributed by atoms with Gasteiger partial charge >= 0.3 is 0 Å². The van der Waals surface area contributed by atoms with Gasteiger partial charge in [0.15, 0.2) is 11.7 Å². The summed E-state index contributed by atoms with van der Waals surface area (Å²) in [7, 11) is -3.67. The van der Waals surface area contributed by atoms with Gasteiger partial charge in [0.1, 0.15) is 5.69 Å². The van der Waals surface area contributed by atoms with E-state index in [4.69, 9.17) is 15.7 Å². The molecule has 10 heteroatoms. The summed E-state index contributed by atoms with van der Waals surface area (Å²) >= 11 is 0. The standard InChI is InChI=1S/C14H14N4O2.CH4O3S/c1-7-2-3-8-6-9(13(20)17-14(15)16)18-5-4-10(19)11(7)12(8)18;1-5(2,3)4/h2-3,6H,4-5H2,1H3,(H4,15,16,17,20);1H3,(H,2,3,4). The highest BCUT2D eigenvalue weighted by Gasteiger charge is 2.25. The number of carbonyl (C=O) groups excluding carboxylic acids is 2. The average molecular weight is 366 g/mol. The highest BCUT2D eigenvalue weighted by molar-refractivity contribution is 7.85. The molecule has 2 aromatic rings. The summed E-state index contributed by atoms with van der Waals surface area (Å²) in [6.07, 6.45) is 1.09. The van der Waals surface area contributed by atoms with Gasteiger partial charge in [-0.25, -0.2) is 0 Å². The van der Waals surface area contributed by atoms with E-state index in [1.165, 1.54) is 0 Å². The van der Waals surface area contributed by atoms with Crippen LogP contribution in [0.1, 0.15) is 32.8 Å². The molecule has 0 spiro atoms. The fourth-order valence-electron chi connectivity index (χ4n) is 2.76. The van der Waals surface area contributed by atoms with E-state index in [1.54, 1.807) is 6.07 Å². The number of rotatable bonds is 1. The van der Waals surface area contributed by atoms with Crippen LogP contribution in [-0.4, -0.2) is 41.4 Å². The highest BCUT2D eigenvalue weighted by atomic mass is 32.2. The smallest absolute Gasteiger partial charge is 0.274 e. The topological polar surface area (TPSA) is 155 Å². The van der Waals surface area contributed by atoms with Crippen molar-refractivity contribution in [3.8, 4) is 0 Å². The number of aryl methyl sites for hydroxylation is 2. The van der Waals surface area contributed by atoms with Crippen molar-refractivity contribution in [2.24, 2.45) is 5.73 Å². The van der Waals surface area contributed by atoms with E-state index in [9.17, 15) is 18.0 Å². The largest absolute Gasteiger partial charge is 0.370 e. The second kappa shape index (κ2) is 6.65. The zero-order chi connectivity index (χ0) is 18.9. The lowest BCUT2D eigenvalue weighted by atomic mass is 9.97. The molecule has 0 fully saturated rings. The minimum atomic E-state index is -3.67. The van der Waals surface area contributed by atoms with Gasteiger partial charge in [0.25, 0.3) is 16.0 Å². The number of Topliss-reactive ketones (excluding diaryl/α,β-unsaturated/α-hetero) is 1. The third-order valence-electron chi connectivity index (χ3n) is 3.59. The van der Waals surface area contributed by atoms with Crippen LogP contribution >= 0.6 is 0 Å². The second-order valence-corrected chi connectivity index (χ2v) is 7.12. The first-order valence-electron chi connectivity index (χ1n) is 7.23. The molecule has 0 radical (unpaired) electrons. The Kier molecular flexibility index (Phi) is 4.95. The first-order valence-corrected chi connectivity index (χ1v) is 9.07. The second-order valence-electron chi connectivity index (χ2n) is 5.65. The molecule has 9 nitrogen and oxygen atoms in total. The van der Waals surface area contributed by atoms with Gasteiger partial charge in [-0.2, -0.15) is 8.42 Å². The molecule has 0 aliphatic carbocycles. The Morgan fingerprint density at radius 2 is 2.00 bits per heavy atom. The number of aromatic nitrogens is 1. The molecule has 2 heterocycles. The molecular weight excluding hydrogens is 348 g/mol. The van der Waals surface area contributed by atoms with Gasteiger partial charge in [-0.05, 0) is 18.6 Å². The minimum absolute atomic E-state index is 0.109. The Labute approximate surface area is 144 Å². The van der Waals surface area contributed by atoms with E-state index in [-0.39, 0.29) is 5.78 Å². The molecular formula is C15H18N4O5S. The summed E-state index contributed by atoms with van der Waals surface area (Å²) in [6, 6.07) is 5.51. The van der Waals surface area contributed by atoms with Crippen LogP contribution in [0.5, 0.6) is 0 Å². The number of hydrogen-bond acceptors (Lipinski definition) is 5. The van der Waals surface area contributed by atoms with Crippen molar-refractivity contribution >= 4 is 38.7 Å². The van der Waals surface area contributed by atoms with E-state index in [1.807, 2.05) is 23.6 Å². The molecule has 0 atom stereocenters. The van der Waals surface area contributed by atoms with E-state index in [2.05, 4.69) is 5.32 Å². The van der Waals surface area contributed by atoms with Gasteiger partial charge in [-0.1, -0.05) is 12.1 Å². The average Bonchev–Trinajstić information content (AvgIpc) is 2.81. The van der Waals surface area contributed by atoms with Crippen molar-refractivity contribution in [1.82, 2.24) is 9.88 Å². The molecule has 1 aliphatic heterocycles. The number of benzene rings is 1. The first-order chi connectivity index (χ1) is 11.5. The third-order valence-corrected chi connectivity index (χ3v) is 3.59. The third kappa shape index (κ3) is 4.22. The molecule has 1 aromatic carbocycles. The van der Waals surface area contributed by atoms with Gasteiger partial charge in [0.2, 0.25) is 0 Å². The molecule has 5 N–H and O–H groups in total. The number of nitrogens with one attached hydrogen (secondary N) is 2. The summed E-state index contributed by atoms with van der Waals surface area (Å²) in [5, 5.41) is 10.3. The molecule has 1 amide bonds. The van der Waals surface area contributed by atoms with Crippen LogP contribution in [0.4, 0.5) is 0 Å². The molecule has 0 saturated heterocycles. The minimum Gasteiger partial charge on any atom is -0.370 e. The lowest BCUT2D eigenvalue weighted by molar-refractivity contribution is 0.0946. The molecule has 1 aliphatic rings. The number of guanidine groups is 1. The van der Waals surface area contributed by atoms with Gasteiger partial charge in [-0.3, -0.25) is 24.9 Å². The van der Waals surface area contributed by atoms with Crippen molar-refractivity contribution in [3.05, 3.63) is 35.0 Å². The van der Waals surface area contributed by atoms with Crippen LogP contribution in [0.2, 0.25) is 0 Å². The van der Waals surface area contributed by atoms with E-state index < -0.39 is 22.0 Å². The Morgan fingerprint density at radius 1 is 1.40 bits per heavy atom. The van der Waals surface area contributed by atoms with Crippen LogP contribution in [0.3, 0.4) is 0 Å². The maximum absolute atomic E-state index is 12.1. The summed E-state index contributed by atoms with van der Waals surface area (Å²) in [4.78, 5) is 24.2. The predicted octanol–water partition coefficient (Wildman–Crippen LogP) is 0.663. The quantitative estimate of drug-likeness (QED) is 0.330. The first kappa shape index (κ1) is 18.6. The van der Waals surface area contributed by atoms with Crippen LogP contribution in [0.25, 0.3) is 10.9 Å². The lowest BCUT2D eigenvalue weighted by Gasteiger charge is -2.18. The zero-order valence-corrected chi connectivity index (χ0v) is 14.5. The Balaban J connectivity index is 0.000000399. The maximum atomic E-state index is 12.1. The number of nitrogens with two attached hydrogens (primary N) is 1. The fraction of sp³-hybridized carbons (Fsp3) is 0.267. The van der Waals surface area contributed by atoms with Crippen molar-refractivity contribution in [2.75, 3.05) is 6.26 Å². The van der Waals surface area contributed by atoms with Gasteiger partial charge in [-0.15, -0.1) is 0 Å². The predicted molar refractivity (Wildman–Crippen MR) is 92.5 cm³/mol. The summed E-state index contributed by atoms with van der Waals surface area (Å²) in [6.45, 7) is 2.37. The Hall–Kier alpha value is -2.72. The van der Waals surface area contributed by atoms with Crippen molar-refractivity contribution in [1.29, 1.82) is 5.41 Å². The van der Waals surface area contributed by atoms with Crippen LogP contribution in [-0.2, 0) is 16.7 Å². The van der Waals surface area contributed by atoms with E-state index in [0.29, 0.717) is 30.5 Å². The molecule has 25 heavy (non-hydrogen) atoms. The van der Waals surface area contributed by atoms with Crippen LogP contribution in [0.15, 0.2) is 18.2 Å². The number of hydrogen-bond donors (Lipinski definition) is 4. The molecule has 134 valence electrons. The van der Waals surface area contributed by atoms with Gasteiger partial charge in [0, 0.05) is 23.9 Å². The van der Waals surface area contributed by atoms with Gasteiger partial charge in [0.05, 0.1) is 11.8 Å². The van der Waals surface area contributed by atoms with Crippen molar-refractivity contribution in [3.63, 3.8) is 0 Å². The summed E-state index contributed by atoms with van der Waals surface area (Å²) in [5.74, 6) is -0.708. The zero-order valence-electron chi connectivity index (χ0n) is 13.7. The number of ketones is 1. The Bertz CT molecular complexity index is 983. The summed E-state index contributed by atoms with van der Waals surface area (Å²) in [5.41, 5.74) is 8.03. The van der Waals surface area contributed by atoms with Crippen molar-refractivity contribution in [2.45, 2.75) is 19.9 Å². The monoisotopic (exact) mass is 366 g/mol. The lowest BCUT2D eigenvalue weighted by Crippen LogP contribution is -2.37. The van der Waals surface area contributed by atoms with Crippen LogP contribution < -0.4 is 11.1 Å². The number of nitrogens with zero attached hydrogens (tertiary/aromatic N) is 1. The van der Waals surface area contributed by atoms with Gasteiger partial charge < -0.3 is 10.3 Å². The number of carbonyl (C=O) groups is 2. The SMILES string of the molecule is CS(=O)(=O)O.Cc1ccc2cc(C(=O)NC(=N)N)n3c2c1C(=O)CC3. The normalized spacial score (nSPS) is 13.2. The van der Waals surface area contributed by atoms with Crippen molar-refractivity contribution < 1.29 is 22.6 Å². The fourth-order valence-corrected chi connectivity index (χ4v) is 2.76. The highest BCUT2D eigenvalue weighted by Crippen LogP contribution is 2.30. The van der Waals surface area contributed by atoms with E-state index in [0.717, 1.165) is 16.5 Å². The molecule has 1 aromatic heterocycles. The molecule has 0 unspecified atom stereocenters. The maximum Gasteiger partial charge on any atom is 0.274 e. The molecule has 3 rings (SSSR count). The van der Waals surface area contributed by atoms with Crippen LogP contribution in [0, 0.1) is 12.3 Å². The molecule has 0 bridgehead atoms. The Morgan fingerprint density at radius 3 is 2.56 bits per heavy atom. The summed E-state index contributed by atoms with van der Waals surface area (Å²) < 4.78 is 27.7. The van der Waals surface area contributed by atoms with E-state index >= 15 is 0 Å².